The number of nitrogens with one attached hydrogen (secondary N) is 3. The quantitative estimate of drug-likeness (QED) is 0.0926. The number of aliphatic hydroxyl groups is 2. The highest BCUT2D eigenvalue weighted by Gasteiger charge is 2.57. The first-order valence-electron chi connectivity index (χ1n) is 22.0. The lowest BCUT2D eigenvalue weighted by Gasteiger charge is -2.62. The lowest BCUT2D eigenvalue weighted by molar-refractivity contribution is -0.183. The molecule has 1 aliphatic heterocycles. The van der Waals surface area contributed by atoms with Gasteiger partial charge >= 0.3 is 0 Å². The third-order valence-electron chi connectivity index (χ3n) is 13.7. The number of carbonyl (C=O) groups excluding carboxylic acids is 2. The van der Waals surface area contributed by atoms with E-state index in [1.54, 1.807) is 19.1 Å². The van der Waals surface area contributed by atoms with Crippen LogP contribution >= 0.6 is 11.6 Å². The highest BCUT2D eigenvalue weighted by Crippen LogP contribution is 2.61. The van der Waals surface area contributed by atoms with Gasteiger partial charge in [-0.3, -0.25) is 14.4 Å². The van der Waals surface area contributed by atoms with Crippen molar-refractivity contribution in [1.82, 2.24) is 25.5 Å². The molecule has 3 aliphatic carbocycles. The number of para-hydroxylation sites is 1. The Kier molecular flexibility index (Phi) is 15.8. The van der Waals surface area contributed by atoms with Crippen molar-refractivity contribution < 1.29 is 29.4 Å². The number of alkyl halides is 1. The predicted octanol–water partition coefficient (Wildman–Crippen LogP) is 5.51. The lowest BCUT2D eigenvalue weighted by atomic mass is 9.45. The number of anilines is 1. The van der Waals surface area contributed by atoms with Crippen LogP contribution in [0.4, 0.5) is 5.69 Å². The third-order valence-corrected chi connectivity index (χ3v) is 13.9. The summed E-state index contributed by atoms with van der Waals surface area (Å²) in [7, 11) is 7.64. The number of hydrogen-bond donors (Lipinski definition) is 5. The normalized spacial score (nSPS) is 25.5. The van der Waals surface area contributed by atoms with E-state index in [2.05, 4.69) is 58.7 Å². The van der Waals surface area contributed by atoms with Crippen molar-refractivity contribution in [2.75, 3.05) is 72.2 Å². The van der Waals surface area contributed by atoms with Crippen LogP contribution in [-0.4, -0.2) is 134 Å². The Morgan fingerprint density at radius 1 is 1.05 bits per heavy atom. The molecule has 61 heavy (non-hydrogen) atoms. The molecule has 3 aromatic carbocycles. The lowest BCUT2D eigenvalue weighted by Crippen LogP contribution is -2.62. The minimum absolute atomic E-state index is 0.0244. The molecular formula is C48H69ClN6O6. The standard InChI is InChI=1S/C48H69ClN6O6/c1-30-40-25-36(48(40,3)4)26-41(30)52-47(59)44-43(31(2)57)42(29-56)61-55(44)27-33-15-12-16-39(45(33)60-8)34-22-35(24-37(23-34)50-18-20-54(7)19-17-49)46(58)51-38(28-53(5)6)21-32-13-10-9-11-14-32/h9-16,22-24,30-31,36,38,40-44,50,56-57H,17-21,25-29H2,1-8H3,(H,51,58)(H,52,59)/t30-,31-,36+,38-,40-,41?,42-,43-,44-/m0/s1. The van der Waals surface area contributed by atoms with E-state index in [0.717, 1.165) is 47.5 Å². The van der Waals surface area contributed by atoms with Gasteiger partial charge in [0, 0.05) is 72.4 Å². The fraction of sp³-hybridized carbons (Fsp3) is 0.583. The van der Waals surface area contributed by atoms with E-state index in [9.17, 15) is 19.8 Å². The second-order valence-corrected chi connectivity index (χ2v) is 19.0. The number of benzene rings is 3. The molecule has 4 fully saturated rings. The average molecular weight is 862 g/mol. The van der Waals surface area contributed by atoms with Gasteiger partial charge in [0.05, 0.1) is 26.4 Å². The predicted molar refractivity (Wildman–Crippen MR) is 243 cm³/mol. The summed E-state index contributed by atoms with van der Waals surface area (Å²) in [5.41, 5.74) is 4.98. The molecule has 0 aromatic heterocycles. The molecule has 4 aliphatic rings. The number of likely N-dealkylation sites (N-methyl/N-ethyl adjacent to an activating group) is 2. The molecule has 1 saturated heterocycles. The molecule has 12 nitrogen and oxygen atoms in total. The van der Waals surface area contributed by atoms with Crippen molar-refractivity contribution in [3.05, 3.63) is 83.4 Å². The largest absolute Gasteiger partial charge is 0.496 e. The van der Waals surface area contributed by atoms with Gasteiger partial charge < -0.3 is 40.7 Å². The number of methoxy groups -OCH3 is 1. The number of hydroxylamine groups is 2. The Bertz CT molecular complexity index is 1930. The Labute approximate surface area is 368 Å². The van der Waals surface area contributed by atoms with E-state index in [-0.39, 0.29) is 42.5 Å². The van der Waals surface area contributed by atoms with Crippen molar-refractivity contribution in [2.45, 2.75) is 83.8 Å². The Morgan fingerprint density at radius 3 is 2.44 bits per heavy atom. The molecule has 2 bridgehead atoms. The summed E-state index contributed by atoms with van der Waals surface area (Å²) < 4.78 is 6.16. The van der Waals surface area contributed by atoms with Crippen molar-refractivity contribution in [3.63, 3.8) is 0 Å². The first-order valence-corrected chi connectivity index (χ1v) is 22.5. The van der Waals surface area contributed by atoms with Crippen LogP contribution in [0, 0.1) is 29.1 Å². The van der Waals surface area contributed by atoms with Crippen LogP contribution in [0.2, 0.25) is 0 Å². The van der Waals surface area contributed by atoms with E-state index >= 15 is 0 Å². The second-order valence-electron chi connectivity index (χ2n) is 18.6. The molecule has 1 heterocycles. The van der Waals surface area contributed by atoms with Crippen LogP contribution in [0.3, 0.4) is 0 Å². The van der Waals surface area contributed by atoms with Gasteiger partial charge in [-0.25, -0.2) is 0 Å². The zero-order chi connectivity index (χ0) is 44.0. The maximum absolute atomic E-state index is 14.4. The molecule has 3 aromatic rings. The van der Waals surface area contributed by atoms with Gasteiger partial charge in [0.2, 0.25) is 5.91 Å². The molecular weight excluding hydrogens is 792 g/mol. The maximum atomic E-state index is 14.4. The Morgan fingerprint density at radius 2 is 1.80 bits per heavy atom. The van der Waals surface area contributed by atoms with Crippen molar-refractivity contribution in [1.29, 1.82) is 0 Å². The highest BCUT2D eigenvalue weighted by molar-refractivity contribution is 6.18. The molecule has 0 radical (unpaired) electrons. The van der Waals surface area contributed by atoms with Crippen LogP contribution in [-0.2, 0) is 22.6 Å². The van der Waals surface area contributed by atoms with Crippen LogP contribution in [0.1, 0.15) is 62.0 Å². The van der Waals surface area contributed by atoms with Crippen LogP contribution < -0.4 is 20.7 Å². The van der Waals surface area contributed by atoms with E-state index < -0.39 is 24.2 Å². The van der Waals surface area contributed by atoms with Crippen LogP contribution in [0.25, 0.3) is 11.1 Å². The number of fused-ring (bicyclic) bond motifs is 2. The van der Waals surface area contributed by atoms with Crippen molar-refractivity contribution >= 4 is 29.1 Å². The molecule has 7 rings (SSSR count). The first-order chi connectivity index (χ1) is 29.1. The van der Waals surface area contributed by atoms with Gasteiger partial charge in [0.1, 0.15) is 17.9 Å². The molecule has 0 spiro atoms. The molecule has 2 amide bonds. The number of aliphatic hydroxyl groups excluding tert-OH is 2. The molecule has 334 valence electrons. The van der Waals surface area contributed by atoms with E-state index in [0.29, 0.717) is 54.5 Å². The van der Waals surface area contributed by atoms with E-state index in [1.807, 2.05) is 75.7 Å². The summed E-state index contributed by atoms with van der Waals surface area (Å²) in [6.45, 7) is 11.2. The second kappa shape index (κ2) is 20.6. The van der Waals surface area contributed by atoms with Crippen LogP contribution in [0.15, 0.2) is 66.7 Å². The van der Waals surface area contributed by atoms with Crippen molar-refractivity contribution in [2.24, 2.45) is 29.1 Å². The molecule has 5 N–H and O–H groups in total. The van der Waals surface area contributed by atoms with Gasteiger partial charge in [-0.05, 0) is 99.8 Å². The smallest absolute Gasteiger partial charge is 0.251 e. The van der Waals surface area contributed by atoms with Crippen LogP contribution in [0.5, 0.6) is 5.75 Å². The van der Waals surface area contributed by atoms with E-state index in [1.165, 1.54) is 6.42 Å². The minimum atomic E-state index is -0.915. The summed E-state index contributed by atoms with van der Waals surface area (Å²) in [6.07, 6.45) is 1.11. The zero-order valence-corrected chi connectivity index (χ0v) is 38.1. The number of hydrogen-bond acceptors (Lipinski definition) is 10. The summed E-state index contributed by atoms with van der Waals surface area (Å²) >= 11 is 6.00. The molecule has 13 heteroatoms. The monoisotopic (exact) mass is 860 g/mol. The summed E-state index contributed by atoms with van der Waals surface area (Å²) in [4.78, 5) is 39.2. The number of ether oxygens (including phenoxy) is 1. The first kappa shape index (κ1) is 46.7. The Balaban J connectivity index is 1.30. The number of halogens is 1. The Hall–Kier alpha value is -3.75. The van der Waals surface area contributed by atoms with Gasteiger partial charge in [-0.15, -0.1) is 11.6 Å². The number of amides is 2. The fourth-order valence-electron chi connectivity index (χ4n) is 10.3. The van der Waals surface area contributed by atoms with Crippen molar-refractivity contribution in [3.8, 4) is 16.9 Å². The van der Waals surface area contributed by atoms with Gasteiger partial charge in [0.15, 0.2) is 0 Å². The molecule has 1 unspecified atom stereocenters. The third kappa shape index (κ3) is 10.9. The number of rotatable bonds is 20. The highest BCUT2D eigenvalue weighted by atomic mass is 35.5. The minimum Gasteiger partial charge on any atom is -0.496 e. The van der Waals surface area contributed by atoms with Gasteiger partial charge in [0.25, 0.3) is 5.91 Å². The summed E-state index contributed by atoms with van der Waals surface area (Å²) in [5.74, 6) is 1.48. The SMILES string of the molecule is COc1c(CN2O[C@@H](CO)[C@H]([C@H](C)O)[C@H]2C(=O)NC2C[C@H]3C[C@@H]([C@@H]2C)C3(C)C)cccc1-c1cc(NCCN(C)CCCl)cc(C(=O)N[C@@H](Cc2ccccc2)CN(C)C)c1. The molecule has 3 saturated carbocycles. The van der Waals surface area contributed by atoms with Gasteiger partial charge in [-0.2, -0.15) is 5.06 Å². The fourth-order valence-corrected chi connectivity index (χ4v) is 10.6. The zero-order valence-electron chi connectivity index (χ0n) is 37.4. The van der Waals surface area contributed by atoms with E-state index in [4.69, 9.17) is 21.2 Å². The summed E-state index contributed by atoms with van der Waals surface area (Å²) in [6, 6.07) is 20.8. The molecule has 9 atom stereocenters. The number of carbonyl (C=O) groups is 2. The number of nitrogens with zero attached hydrogens (tertiary/aromatic N) is 3. The van der Waals surface area contributed by atoms with Gasteiger partial charge in [-0.1, -0.05) is 69.3 Å². The maximum Gasteiger partial charge on any atom is 0.251 e. The summed E-state index contributed by atoms with van der Waals surface area (Å²) in [5, 5.41) is 33.3. The average Bonchev–Trinajstić information content (AvgIpc) is 3.60. The topological polar surface area (TPSA) is 139 Å².